The molecule has 0 radical (unpaired) electrons. The first-order valence-electron chi connectivity index (χ1n) is 7.76. The molecule has 112 valence electrons. The van der Waals surface area contributed by atoms with Crippen molar-refractivity contribution in [2.45, 2.75) is 13.8 Å². The van der Waals surface area contributed by atoms with Gasteiger partial charge in [0.05, 0.1) is 11.3 Å². The SMILES string of the molecule is Cc1cccc(C)c1N=C=C(c1ccccc1)c1ccccc1. The molecule has 0 N–H and O–H groups in total. The fraction of sp³-hybridized carbons (Fsp3) is 0.0909. The zero-order valence-corrected chi connectivity index (χ0v) is 13.5. The summed E-state index contributed by atoms with van der Waals surface area (Å²) in [5.41, 5.74) is 6.57. The third-order valence-corrected chi connectivity index (χ3v) is 3.84. The van der Waals surface area contributed by atoms with Crippen LogP contribution in [0.3, 0.4) is 0 Å². The summed E-state index contributed by atoms with van der Waals surface area (Å²) in [5.74, 6) is 3.29. The van der Waals surface area contributed by atoms with Crippen molar-refractivity contribution in [2.24, 2.45) is 4.99 Å². The molecule has 0 fully saturated rings. The fourth-order valence-corrected chi connectivity index (χ4v) is 2.60. The summed E-state index contributed by atoms with van der Waals surface area (Å²) in [6.45, 7) is 4.16. The summed E-state index contributed by atoms with van der Waals surface area (Å²) in [7, 11) is 0. The van der Waals surface area contributed by atoms with Gasteiger partial charge in [-0.25, -0.2) is 4.99 Å². The van der Waals surface area contributed by atoms with E-state index in [1.807, 2.05) is 36.4 Å². The van der Waals surface area contributed by atoms with Gasteiger partial charge in [0, 0.05) is 0 Å². The van der Waals surface area contributed by atoms with Gasteiger partial charge in [-0.3, -0.25) is 0 Å². The summed E-state index contributed by atoms with van der Waals surface area (Å²) >= 11 is 0. The summed E-state index contributed by atoms with van der Waals surface area (Å²) < 4.78 is 0. The molecule has 0 saturated heterocycles. The fourth-order valence-electron chi connectivity index (χ4n) is 2.60. The van der Waals surface area contributed by atoms with Crippen LogP contribution >= 0.6 is 0 Å². The van der Waals surface area contributed by atoms with E-state index in [4.69, 9.17) is 0 Å². The van der Waals surface area contributed by atoms with Crippen LogP contribution in [0.25, 0.3) is 5.57 Å². The van der Waals surface area contributed by atoms with E-state index in [9.17, 15) is 0 Å². The molecular weight excluding hydrogens is 278 g/mol. The van der Waals surface area contributed by atoms with E-state index in [1.165, 1.54) is 0 Å². The summed E-state index contributed by atoms with van der Waals surface area (Å²) in [4.78, 5) is 4.67. The van der Waals surface area contributed by atoms with Crippen LogP contribution in [-0.2, 0) is 0 Å². The predicted molar refractivity (Wildman–Crippen MR) is 98.4 cm³/mol. The highest BCUT2D eigenvalue weighted by Crippen LogP contribution is 2.24. The summed E-state index contributed by atoms with van der Waals surface area (Å²) in [6, 6.07) is 26.8. The molecule has 0 aromatic heterocycles. The lowest BCUT2D eigenvalue weighted by Crippen LogP contribution is -1.88. The Bertz CT molecular complexity index is 793. The molecule has 3 aromatic rings. The molecule has 0 aliphatic carbocycles. The monoisotopic (exact) mass is 297 g/mol. The van der Waals surface area contributed by atoms with Crippen LogP contribution in [0.15, 0.2) is 83.9 Å². The van der Waals surface area contributed by atoms with Crippen molar-refractivity contribution in [1.82, 2.24) is 0 Å². The van der Waals surface area contributed by atoms with Crippen LogP contribution < -0.4 is 0 Å². The zero-order chi connectivity index (χ0) is 16.1. The van der Waals surface area contributed by atoms with Gasteiger partial charge in [-0.2, -0.15) is 0 Å². The topological polar surface area (TPSA) is 12.4 Å². The van der Waals surface area contributed by atoms with Gasteiger partial charge in [0.25, 0.3) is 0 Å². The maximum atomic E-state index is 4.67. The Hall–Kier alpha value is -2.89. The Balaban J connectivity index is 2.18. The first kappa shape index (κ1) is 15.0. The third kappa shape index (κ3) is 3.48. The van der Waals surface area contributed by atoms with E-state index in [2.05, 4.69) is 67.2 Å². The number of aryl methyl sites for hydroxylation is 2. The number of hydrogen-bond acceptors (Lipinski definition) is 1. The summed E-state index contributed by atoms with van der Waals surface area (Å²) in [5, 5.41) is 0. The molecule has 0 saturated carbocycles. The van der Waals surface area contributed by atoms with Crippen molar-refractivity contribution in [3.05, 3.63) is 101 Å². The lowest BCUT2D eigenvalue weighted by Gasteiger charge is -2.06. The minimum atomic E-state index is 0.997. The van der Waals surface area contributed by atoms with Crippen molar-refractivity contribution < 1.29 is 0 Å². The molecule has 0 spiro atoms. The second-order valence-corrected chi connectivity index (χ2v) is 5.57. The minimum absolute atomic E-state index is 0.997. The average molecular weight is 297 g/mol. The zero-order valence-electron chi connectivity index (χ0n) is 13.5. The molecule has 0 atom stereocenters. The predicted octanol–water partition coefficient (Wildman–Crippen LogP) is 5.74. The molecular formula is C22H19N. The molecule has 0 bridgehead atoms. The van der Waals surface area contributed by atoms with Crippen molar-refractivity contribution in [3.8, 4) is 0 Å². The number of nitrogens with zero attached hydrogens (tertiary/aromatic N) is 1. The van der Waals surface area contributed by atoms with Gasteiger partial charge in [-0.1, -0.05) is 78.9 Å². The van der Waals surface area contributed by atoms with E-state index < -0.39 is 0 Å². The van der Waals surface area contributed by atoms with Crippen LogP contribution in [0.5, 0.6) is 0 Å². The van der Waals surface area contributed by atoms with Gasteiger partial charge in [-0.15, -0.1) is 0 Å². The first-order valence-corrected chi connectivity index (χ1v) is 7.76. The van der Waals surface area contributed by atoms with Crippen molar-refractivity contribution in [3.63, 3.8) is 0 Å². The highest BCUT2D eigenvalue weighted by molar-refractivity contribution is 5.99. The van der Waals surface area contributed by atoms with E-state index in [0.29, 0.717) is 0 Å². The molecule has 3 aromatic carbocycles. The minimum Gasteiger partial charge on any atom is -0.205 e. The number of aliphatic imine (C=N–C) groups is 1. The number of benzene rings is 3. The van der Waals surface area contributed by atoms with E-state index in [1.54, 1.807) is 0 Å². The van der Waals surface area contributed by atoms with Crippen LogP contribution in [0.1, 0.15) is 22.3 Å². The van der Waals surface area contributed by atoms with Gasteiger partial charge in [0.15, 0.2) is 0 Å². The first-order chi connectivity index (χ1) is 11.3. The van der Waals surface area contributed by atoms with Gasteiger partial charge in [0.1, 0.15) is 0 Å². The highest BCUT2D eigenvalue weighted by Gasteiger charge is 2.04. The van der Waals surface area contributed by atoms with Crippen molar-refractivity contribution in [1.29, 1.82) is 0 Å². The smallest absolute Gasteiger partial charge is 0.0788 e. The quantitative estimate of drug-likeness (QED) is 0.547. The molecule has 0 unspecified atom stereocenters. The molecule has 1 heteroatoms. The maximum Gasteiger partial charge on any atom is 0.0788 e. The normalized spacial score (nSPS) is 10.0. The number of para-hydroxylation sites is 1. The van der Waals surface area contributed by atoms with E-state index in [-0.39, 0.29) is 0 Å². The Kier molecular flexibility index (Phi) is 4.52. The lowest BCUT2D eigenvalue weighted by atomic mass is 9.99. The standard InChI is InChI=1S/C22H19N/c1-17-10-9-11-18(2)22(17)23-16-21(19-12-5-3-6-13-19)20-14-7-4-8-15-20/h3-15H,1-2H3. The molecule has 1 nitrogen and oxygen atoms in total. The Morgan fingerprint density at radius 1 is 0.652 bits per heavy atom. The molecule has 0 heterocycles. The van der Waals surface area contributed by atoms with Gasteiger partial charge in [-0.05, 0) is 42.0 Å². The van der Waals surface area contributed by atoms with Crippen molar-refractivity contribution >= 4 is 17.1 Å². The van der Waals surface area contributed by atoms with Gasteiger partial charge < -0.3 is 0 Å². The van der Waals surface area contributed by atoms with Crippen molar-refractivity contribution in [2.75, 3.05) is 0 Å². The van der Waals surface area contributed by atoms with E-state index >= 15 is 0 Å². The molecule has 0 aliphatic heterocycles. The third-order valence-electron chi connectivity index (χ3n) is 3.84. The van der Waals surface area contributed by atoms with Crippen LogP contribution in [0.2, 0.25) is 0 Å². The highest BCUT2D eigenvalue weighted by atomic mass is 14.7. The Labute approximate surface area is 137 Å². The Morgan fingerprint density at radius 3 is 1.61 bits per heavy atom. The Morgan fingerprint density at radius 2 is 1.13 bits per heavy atom. The van der Waals surface area contributed by atoms with Crippen LogP contribution in [-0.4, -0.2) is 5.87 Å². The molecule has 0 amide bonds. The number of rotatable bonds is 3. The largest absolute Gasteiger partial charge is 0.205 e. The van der Waals surface area contributed by atoms with Crippen LogP contribution in [0.4, 0.5) is 5.69 Å². The molecule has 0 aliphatic rings. The second-order valence-electron chi connectivity index (χ2n) is 5.57. The van der Waals surface area contributed by atoms with Gasteiger partial charge >= 0.3 is 0 Å². The molecule has 3 rings (SSSR count). The van der Waals surface area contributed by atoms with E-state index in [0.717, 1.165) is 33.5 Å². The van der Waals surface area contributed by atoms with Crippen LogP contribution in [0, 0.1) is 13.8 Å². The maximum absolute atomic E-state index is 4.67. The number of hydrogen-bond donors (Lipinski definition) is 0. The molecule has 23 heavy (non-hydrogen) atoms. The second kappa shape index (κ2) is 6.91. The van der Waals surface area contributed by atoms with Gasteiger partial charge in [0.2, 0.25) is 0 Å². The lowest BCUT2D eigenvalue weighted by molar-refractivity contribution is 1.34. The average Bonchev–Trinajstić information content (AvgIpc) is 2.59. The summed E-state index contributed by atoms with van der Waals surface area (Å²) in [6.07, 6.45) is 0.